The van der Waals surface area contributed by atoms with Crippen LogP contribution in [0.1, 0.15) is 138 Å². The quantitative estimate of drug-likeness (QED) is 0.00938. The fourth-order valence-electron chi connectivity index (χ4n) is 18.3. The van der Waals surface area contributed by atoms with Crippen LogP contribution in [0.25, 0.3) is 21.5 Å². The summed E-state index contributed by atoms with van der Waals surface area (Å²) < 4.78 is 200. The molecule has 115 heavy (non-hydrogen) atoms. The third kappa shape index (κ3) is 19.0. The van der Waals surface area contributed by atoms with E-state index in [2.05, 4.69) is 50.1 Å². The van der Waals surface area contributed by atoms with Crippen LogP contribution in [0, 0.1) is 6.92 Å². The maximum Gasteiger partial charge on any atom is 1.00 e. The van der Waals surface area contributed by atoms with Crippen molar-refractivity contribution in [1.29, 1.82) is 0 Å². The van der Waals surface area contributed by atoms with Gasteiger partial charge in [-0.1, -0.05) is 0 Å². The molecule has 6 aromatic rings. The average molecular weight is 1760 g/mol. The van der Waals surface area contributed by atoms with Gasteiger partial charge in [-0.25, -0.2) is 4.79 Å². The van der Waals surface area contributed by atoms with Gasteiger partial charge in [0.15, 0.2) is 0 Å². The Balaban J connectivity index is 0.00000211. The molecule has 7 aliphatic rings. The van der Waals surface area contributed by atoms with Gasteiger partial charge >= 0.3 is 686 Å². The van der Waals surface area contributed by atoms with Crippen molar-refractivity contribution in [3.63, 3.8) is 0 Å². The molecule has 32 nitrogen and oxygen atoms in total. The molecule has 0 N–H and O–H groups in total. The topological polar surface area (TPSA) is 427 Å². The van der Waals surface area contributed by atoms with Gasteiger partial charge in [-0.15, -0.1) is 17.7 Å². The van der Waals surface area contributed by atoms with Crippen LogP contribution in [-0.2, 0) is 78.5 Å². The summed E-state index contributed by atoms with van der Waals surface area (Å²) in [7, 11) is -36.2. The Bertz CT molecular complexity index is 5460. The smallest absolute Gasteiger partial charge is 1.00 e. The molecule has 1 fully saturated rings. The number of aromatic nitrogens is 2. The maximum absolute atomic E-state index is 13.1. The van der Waals surface area contributed by atoms with E-state index < -0.39 is 116 Å². The van der Waals surface area contributed by atoms with Crippen LogP contribution in [0.4, 0.5) is 11.6 Å². The summed E-state index contributed by atoms with van der Waals surface area (Å²) in [5.74, 6) is -1.14. The van der Waals surface area contributed by atoms with Gasteiger partial charge in [0.05, 0.1) is 0 Å². The first-order chi connectivity index (χ1) is 52.8. The number of imide groups is 1. The zero-order valence-corrected chi connectivity index (χ0v) is 79.2. The van der Waals surface area contributed by atoms with Gasteiger partial charge < -0.3 is 4.84 Å². The number of fused-ring (bicyclic) bond motifs is 12. The number of quaternary nitrogens is 2. The van der Waals surface area contributed by atoms with Crippen molar-refractivity contribution < 1.29 is 198 Å². The van der Waals surface area contributed by atoms with Crippen molar-refractivity contribution in [3.05, 3.63) is 137 Å². The molecule has 13 rings (SSSR count). The summed E-state index contributed by atoms with van der Waals surface area (Å²) in [5, 5.41) is 3.57. The molecule has 2 amide bonds. The second-order valence-corrected chi connectivity index (χ2v) is 52.3. The van der Waals surface area contributed by atoms with Crippen LogP contribution in [-0.4, -0.2) is 236 Å². The van der Waals surface area contributed by atoms with Crippen molar-refractivity contribution in [2.24, 2.45) is 20.0 Å². The molecule has 0 saturated carbocycles. The molecule has 2 aromatic heterocycles. The number of unbranched alkanes of at least 4 members (excludes halogenated alkanes) is 7. The number of rotatable bonds is 42. The van der Waals surface area contributed by atoms with Gasteiger partial charge in [0, 0.05) is 12.8 Å². The molecule has 1 spiro atoms. The van der Waals surface area contributed by atoms with E-state index >= 15 is 0 Å². The Morgan fingerprint density at radius 3 is 1.15 bits per heavy atom. The molecular formula is C72H94N11Na3O21S5Si3. The number of carbonyl (C=O) groups excluding carboxylic acids is 3. The number of amides is 2. The standard InChI is InChI=1S/C72H97N11O18S4Si3.3Na.O3S/c1-6-7-40-82(42-19-23-48-102(87,88)89,43-20-24-49-103(90,91)92)46-27-52-106(2,3)100-108(101-107(4,5)53-28-47-83(44-21-25-50-104(93,94)95,45-22-26-51-105(96,97)98)41-18-8-9-37-64(86)99-77-62(84)38-39-63(77)85)78-65-54-29-10-11-30-55(54)66(78)74-68-58-33-14-15-34-59(58)70(80(68)108)76-72-61-36-17-16-35-60(61)71(81(72)108)75-69-57-32-13-12-31-56(57)67(73-65)79(69)108;;;;1-4(2)3/h10-17,29-36H,1,6-9,18-28,37-53H2,2-5H3,(H3-,87,88,89,90,91,92,93,94,95,96,97,98);;;;/q;3*+1;/p-3. The van der Waals surface area contributed by atoms with E-state index in [9.17, 15) is 74.5 Å². The van der Waals surface area contributed by atoms with Crippen molar-refractivity contribution in [2.45, 2.75) is 154 Å². The molecule has 0 radical (unpaired) electrons. The molecule has 4 aromatic carbocycles. The number of amidine groups is 4. The SMILES string of the molecule is O=S(=O)=O.[CH2-]CCC[N+](CCCCS(=O)(=O)[O-])(CCCCS(=O)(=O)[O-])CCC[Si](C)(C)O[Si-2]123(O[Si](C)(C)CCC[N+](CCCCCC(=O)ON4C(=O)CCC4=O)(CCCCS(=O)(=O)[O-])CCCCS(=O)(=O)[O-])n4c5c6ccccc6c4N=C4c6ccccc6C(=[N+]41)N=c1c4ccccc4c(n12)=NC1=[N+]3C(=N5)c2ccccc21.[Na+].[Na+].[Na+]. The van der Waals surface area contributed by atoms with Crippen molar-refractivity contribution in [1.82, 2.24) is 13.5 Å². The first-order valence-electron chi connectivity index (χ1n) is 38.0. The maximum atomic E-state index is 13.1. The third-order valence-corrected chi connectivity index (χ3v) is 42.5. The number of hydroxylamine groups is 2. The Kier molecular flexibility index (Phi) is 29.8. The van der Waals surface area contributed by atoms with Crippen LogP contribution in [0.2, 0.25) is 38.3 Å². The Labute approximate surface area is 740 Å². The first-order valence-corrected chi connectivity index (χ1v) is 54.1. The van der Waals surface area contributed by atoms with Gasteiger partial charge in [0.25, 0.3) is 11.8 Å². The zero-order chi connectivity index (χ0) is 80.7. The first kappa shape index (κ1) is 94.5. The van der Waals surface area contributed by atoms with Crippen LogP contribution in [0.15, 0.2) is 117 Å². The van der Waals surface area contributed by atoms with Crippen LogP contribution in [0.3, 0.4) is 0 Å². The fraction of sp³-hybridized carbons (Fsp3) is 0.500. The van der Waals surface area contributed by atoms with Crippen LogP contribution in [0.5, 0.6) is 0 Å². The van der Waals surface area contributed by atoms with Gasteiger partial charge in [0.2, 0.25) is 0 Å². The Morgan fingerprint density at radius 2 is 0.791 bits per heavy atom. The Hall–Kier alpha value is -4.40. The second-order valence-electron chi connectivity index (χ2n) is 31.5. The van der Waals surface area contributed by atoms with E-state index in [1.54, 1.807) is 0 Å². The van der Waals surface area contributed by atoms with Gasteiger partial charge in [-0.3, -0.25) is 9.59 Å². The predicted molar refractivity (Wildman–Crippen MR) is 417 cm³/mol. The average Bonchev–Trinajstić information content (AvgIpc) is 1.46. The molecule has 0 aliphatic carbocycles. The molecular weight excluding hydrogens is 1670 g/mol. The number of nitrogens with zero attached hydrogens (tertiary/aromatic N) is 11. The summed E-state index contributed by atoms with van der Waals surface area (Å²) in [6.45, 7) is 16.6. The number of carbonyl (C=O) groups is 3. The second kappa shape index (κ2) is 36.3. The third-order valence-electron chi connectivity index (χ3n) is 22.6. The van der Waals surface area contributed by atoms with Crippen LogP contribution >= 0.6 is 0 Å². The molecule has 43 heteroatoms. The summed E-state index contributed by atoms with van der Waals surface area (Å²) >= 11 is 0. The van der Waals surface area contributed by atoms with Crippen LogP contribution < -0.4 is 99.6 Å². The van der Waals surface area contributed by atoms with Crippen molar-refractivity contribution >= 4 is 150 Å². The Morgan fingerprint density at radius 1 is 0.470 bits per heavy atom. The normalized spacial score (nSPS) is 17.1. The van der Waals surface area contributed by atoms with Crippen molar-refractivity contribution in [2.75, 3.05) is 75.4 Å². The number of hydrogen-bond acceptors (Lipinski definition) is 25. The minimum atomic E-state index is -7.39. The van der Waals surface area contributed by atoms with E-state index in [0.29, 0.717) is 195 Å². The zero-order valence-electron chi connectivity index (χ0n) is 66.1. The summed E-state index contributed by atoms with van der Waals surface area (Å²) in [4.78, 5) is 66.5. The van der Waals surface area contributed by atoms with Gasteiger partial charge in [-0.2, -0.15) is 0 Å². The number of hydrogen-bond donors (Lipinski definition) is 0. The predicted octanol–water partition coefficient (Wildman–Crippen LogP) is -2.73. The minimum Gasteiger partial charge on any atom is 1.00 e. The minimum absolute atomic E-state index is 0. The molecule has 0 bridgehead atoms. The fourth-order valence-corrected chi connectivity index (χ4v) is 42.8. The molecule has 7 aliphatic heterocycles. The van der Waals surface area contributed by atoms with E-state index in [4.69, 9.17) is 37.4 Å². The monoisotopic (exact) mass is 1760 g/mol. The molecule has 1 saturated heterocycles. The molecule has 9 heterocycles. The number of aliphatic imine (C=N–C) groups is 2. The van der Waals surface area contributed by atoms with E-state index in [-0.39, 0.29) is 134 Å². The van der Waals surface area contributed by atoms with Gasteiger partial charge in [-0.05, 0) is 0 Å². The van der Waals surface area contributed by atoms with Crippen molar-refractivity contribution in [3.8, 4) is 0 Å². The van der Waals surface area contributed by atoms with E-state index in [1.807, 2.05) is 97.1 Å². The summed E-state index contributed by atoms with van der Waals surface area (Å²) in [5.41, 5.74) is 4.09. The van der Waals surface area contributed by atoms with E-state index in [0.717, 1.165) is 43.8 Å². The largest absolute Gasteiger partial charge is 1.00 e. The molecule has 0 unspecified atom stereocenters. The van der Waals surface area contributed by atoms with E-state index in [1.165, 1.54) is 0 Å². The molecule has 0 atom stereocenters. The molecule has 608 valence electrons. The summed E-state index contributed by atoms with van der Waals surface area (Å²) in [6, 6.07) is 33.0. The number of benzene rings is 4. The summed E-state index contributed by atoms with van der Waals surface area (Å²) in [6.07, 6.45) is 4.95. The van der Waals surface area contributed by atoms with Gasteiger partial charge in [0.1, 0.15) is 0 Å².